The Bertz CT molecular complexity index is 266. The molecule has 98 valence electrons. The van der Waals surface area contributed by atoms with Crippen LogP contribution in [0.1, 0.15) is 46.0 Å². The van der Waals surface area contributed by atoms with Crippen molar-refractivity contribution in [1.29, 1.82) is 0 Å². The first-order valence-corrected chi connectivity index (χ1v) is 7.74. The molecular weight excluding hydrogens is 208 g/mol. The highest BCUT2D eigenvalue weighted by molar-refractivity contribution is 4.97. The highest BCUT2D eigenvalue weighted by Crippen LogP contribution is 2.37. The van der Waals surface area contributed by atoms with Crippen LogP contribution in [0.5, 0.6) is 0 Å². The summed E-state index contributed by atoms with van der Waals surface area (Å²) in [4.78, 5) is 2.90. The minimum Gasteiger partial charge on any atom is -0.315 e. The maximum absolute atomic E-state index is 3.62. The topological polar surface area (TPSA) is 15.3 Å². The molecule has 3 fully saturated rings. The number of likely N-dealkylation sites (tertiary alicyclic amines) is 1. The second-order valence-corrected chi connectivity index (χ2v) is 6.70. The third kappa shape index (κ3) is 2.15. The lowest BCUT2D eigenvalue weighted by Crippen LogP contribution is -2.54. The fourth-order valence-corrected chi connectivity index (χ4v) is 4.54. The maximum Gasteiger partial charge on any atom is 0.0264 e. The summed E-state index contributed by atoms with van der Waals surface area (Å²) < 4.78 is 0. The standard InChI is InChI=1S/C15H28N2/c1-11-5-3-7-14(12(11)2)17-8-4-6-13-9-16-10-15(13)17/h11-16H,3-10H2,1-2H3. The summed E-state index contributed by atoms with van der Waals surface area (Å²) in [6.07, 6.45) is 7.26. The van der Waals surface area contributed by atoms with Gasteiger partial charge in [-0.15, -0.1) is 0 Å². The molecule has 0 aromatic carbocycles. The van der Waals surface area contributed by atoms with Gasteiger partial charge in [-0.1, -0.05) is 26.7 Å². The summed E-state index contributed by atoms with van der Waals surface area (Å²) >= 11 is 0. The first-order valence-electron chi connectivity index (χ1n) is 7.74. The highest BCUT2D eigenvalue weighted by Gasteiger charge is 2.41. The molecule has 0 spiro atoms. The molecule has 2 saturated heterocycles. The normalized spacial score (nSPS) is 48.0. The maximum atomic E-state index is 3.62. The van der Waals surface area contributed by atoms with Crippen LogP contribution in [0.3, 0.4) is 0 Å². The number of hydrogen-bond donors (Lipinski definition) is 1. The number of nitrogens with zero attached hydrogens (tertiary/aromatic N) is 1. The van der Waals surface area contributed by atoms with Crippen LogP contribution in [0.2, 0.25) is 0 Å². The van der Waals surface area contributed by atoms with Gasteiger partial charge in [0, 0.05) is 18.6 Å². The fraction of sp³-hybridized carbons (Fsp3) is 1.00. The molecule has 2 heterocycles. The van der Waals surface area contributed by atoms with E-state index < -0.39 is 0 Å². The summed E-state index contributed by atoms with van der Waals surface area (Å²) in [6.45, 7) is 8.86. The molecule has 3 rings (SSSR count). The van der Waals surface area contributed by atoms with Crippen LogP contribution in [0, 0.1) is 17.8 Å². The van der Waals surface area contributed by atoms with E-state index in [2.05, 4.69) is 24.1 Å². The second-order valence-electron chi connectivity index (χ2n) is 6.70. The van der Waals surface area contributed by atoms with Gasteiger partial charge in [-0.05, 0) is 50.1 Å². The summed E-state index contributed by atoms with van der Waals surface area (Å²) in [5.74, 6) is 2.79. The molecule has 0 bridgehead atoms. The molecule has 17 heavy (non-hydrogen) atoms. The Morgan fingerprint density at radius 2 is 1.82 bits per heavy atom. The van der Waals surface area contributed by atoms with E-state index in [4.69, 9.17) is 0 Å². The Hall–Kier alpha value is -0.0800. The van der Waals surface area contributed by atoms with Crippen LogP contribution < -0.4 is 5.32 Å². The van der Waals surface area contributed by atoms with Gasteiger partial charge >= 0.3 is 0 Å². The number of rotatable bonds is 1. The first-order chi connectivity index (χ1) is 8.27. The predicted octanol–water partition coefficient (Wildman–Crippen LogP) is 2.49. The molecule has 1 N–H and O–H groups in total. The molecule has 0 aromatic heterocycles. The molecule has 0 amide bonds. The third-order valence-corrected chi connectivity index (χ3v) is 5.81. The van der Waals surface area contributed by atoms with Gasteiger partial charge in [0.05, 0.1) is 0 Å². The van der Waals surface area contributed by atoms with Gasteiger partial charge < -0.3 is 5.32 Å². The van der Waals surface area contributed by atoms with Gasteiger partial charge in [0.1, 0.15) is 0 Å². The van der Waals surface area contributed by atoms with E-state index in [1.54, 1.807) is 0 Å². The van der Waals surface area contributed by atoms with Crippen LogP contribution in [0.15, 0.2) is 0 Å². The van der Waals surface area contributed by atoms with Crippen molar-refractivity contribution in [3.8, 4) is 0 Å². The Labute approximate surface area is 106 Å². The Morgan fingerprint density at radius 3 is 2.71 bits per heavy atom. The van der Waals surface area contributed by atoms with Crippen molar-refractivity contribution in [1.82, 2.24) is 10.2 Å². The molecule has 2 aliphatic heterocycles. The van der Waals surface area contributed by atoms with Crippen molar-refractivity contribution in [2.24, 2.45) is 17.8 Å². The highest BCUT2D eigenvalue weighted by atomic mass is 15.2. The SMILES string of the molecule is CC1CCCC(N2CCCC3CNCC32)C1C. The van der Waals surface area contributed by atoms with Gasteiger partial charge in [-0.3, -0.25) is 4.90 Å². The summed E-state index contributed by atoms with van der Waals surface area (Å²) in [7, 11) is 0. The smallest absolute Gasteiger partial charge is 0.0264 e. The summed E-state index contributed by atoms with van der Waals surface area (Å²) in [5, 5.41) is 3.62. The molecule has 5 unspecified atom stereocenters. The van der Waals surface area contributed by atoms with E-state index in [0.717, 1.165) is 29.8 Å². The van der Waals surface area contributed by atoms with Crippen molar-refractivity contribution >= 4 is 0 Å². The van der Waals surface area contributed by atoms with E-state index >= 15 is 0 Å². The zero-order valence-corrected chi connectivity index (χ0v) is 11.5. The van der Waals surface area contributed by atoms with E-state index in [0.29, 0.717) is 0 Å². The van der Waals surface area contributed by atoms with Crippen molar-refractivity contribution in [2.45, 2.75) is 58.0 Å². The van der Waals surface area contributed by atoms with Crippen LogP contribution in [0.25, 0.3) is 0 Å². The number of fused-ring (bicyclic) bond motifs is 1. The van der Waals surface area contributed by atoms with Crippen molar-refractivity contribution in [3.05, 3.63) is 0 Å². The largest absolute Gasteiger partial charge is 0.315 e. The van der Waals surface area contributed by atoms with Gasteiger partial charge in [-0.2, -0.15) is 0 Å². The monoisotopic (exact) mass is 236 g/mol. The van der Waals surface area contributed by atoms with E-state index in [1.807, 2.05) is 0 Å². The zero-order valence-electron chi connectivity index (χ0n) is 11.5. The number of nitrogens with one attached hydrogen (secondary N) is 1. The van der Waals surface area contributed by atoms with Gasteiger partial charge in [0.15, 0.2) is 0 Å². The molecule has 2 nitrogen and oxygen atoms in total. The van der Waals surface area contributed by atoms with Crippen molar-refractivity contribution in [3.63, 3.8) is 0 Å². The van der Waals surface area contributed by atoms with Gasteiger partial charge in [-0.25, -0.2) is 0 Å². The molecule has 0 aromatic rings. The second kappa shape index (κ2) is 4.89. The fourth-order valence-electron chi connectivity index (χ4n) is 4.54. The van der Waals surface area contributed by atoms with Crippen LogP contribution in [0.4, 0.5) is 0 Å². The molecule has 0 radical (unpaired) electrons. The number of hydrogen-bond acceptors (Lipinski definition) is 2. The zero-order chi connectivity index (χ0) is 11.8. The lowest BCUT2D eigenvalue weighted by atomic mass is 9.75. The van der Waals surface area contributed by atoms with Gasteiger partial charge in [0.2, 0.25) is 0 Å². The molecule has 1 saturated carbocycles. The van der Waals surface area contributed by atoms with E-state index in [9.17, 15) is 0 Å². The lowest BCUT2D eigenvalue weighted by molar-refractivity contribution is 0.0157. The van der Waals surface area contributed by atoms with Crippen LogP contribution in [-0.4, -0.2) is 36.6 Å². The molecule has 2 heteroatoms. The Balaban J connectivity index is 1.73. The van der Waals surface area contributed by atoms with Crippen molar-refractivity contribution in [2.75, 3.05) is 19.6 Å². The van der Waals surface area contributed by atoms with Crippen LogP contribution >= 0.6 is 0 Å². The van der Waals surface area contributed by atoms with E-state index in [1.165, 1.54) is 51.7 Å². The minimum atomic E-state index is 0.862. The number of piperidine rings is 1. The van der Waals surface area contributed by atoms with Crippen LogP contribution in [-0.2, 0) is 0 Å². The molecule has 3 aliphatic rings. The molecular formula is C15H28N2. The molecule has 5 atom stereocenters. The Morgan fingerprint density at radius 1 is 0.941 bits per heavy atom. The Kier molecular flexibility index (Phi) is 3.45. The average molecular weight is 236 g/mol. The van der Waals surface area contributed by atoms with Gasteiger partial charge in [0.25, 0.3) is 0 Å². The lowest BCUT2D eigenvalue weighted by Gasteiger charge is -2.48. The summed E-state index contributed by atoms with van der Waals surface area (Å²) in [6, 6.07) is 1.74. The van der Waals surface area contributed by atoms with Crippen molar-refractivity contribution < 1.29 is 0 Å². The third-order valence-electron chi connectivity index (χ3n) is 5.81. The quantitative estimate of drug-likeness (QED) is 0.752. The molecule has 1 aliphatic carbocycles. The van der Waals surface area contributed by atoms with E-state index in [-0.39, 0.29) is 0 Å². The first kappa shape index (κ1) is 12.0. The predicted molar refractivity (Wildman–Crippen MR) is 72.1 cm³/mol. The minimum absolute atomic E-state index is 0.862. The summed E-state index contributed by atoms with van der Waals surface area (Å²) in [5.41, 5.74) is 0. The average Bonchev–Trinajstić information content (AvgIpc) is 2.81.